The van der Waals surface area contributed by atoms with Crippen molar-refractivity contribution in [3.05, 3.63) is 425 Å². The summed E-state index contributed by atoms with van der Waals surface area (Å²) in [5.41, 5.74) is 30.4. The molecule has 23 aromatic rings. The molecule has 8 nitrogen and oxygen atoms in total. The van der Waals surface area contributed by atoms with Crippen LogP contribution in [0.4, 0.5) is 0 Å². The molecule has 0 saturated heterocycles. The van der Waals surface area contributed by atoms with Crippen molar-refractivity contribution in [1.82, 2.24) is 29.9 Å². The highest BCUT2D eigenvalue weighted by molar-refractivity contribution is 6.29. The summed E-state index contributed by atoms with van der Waals surface area (Å²) in [6.45, 7) is 0. The second-order valence-electron chi connectivity index (χ2n) is 30.3. The van der Waals surface area contributed by atoms with Crippen molar-refractivity contribution in [1.29, 1.82) is 0 Å². The van der Waals surface area contributed by atoms with Gasteiger partial charge >= 0.3 is 0 Å². The van der Waals surface area contributed by atoms with Crippen LogP contribution >= 0.6 is 0 Å². The van der Waals surface area contributed by atoms with E-state index in [1.807, 2.05) is 72.8 Å². The molecule has 0 aliphatic heterocycles. The van der Waals surface area contributed by atoms with Gasteiger partial charge in [-0.2, -0.15) is 0 Å². The molecular weight excluding hydrogens is 1460 g/mol. The summed E-state index contributed by atoms with van der Waals surface area (Å²) in [5.74, 6) is 1.40. The maximum Gasteiger partial charge on any atom is 0.160 e. The van der Waals surface area contributed by atoms with Gasteiger partial charge in [-0.1, -0.05) is 376 Å². The van der Waals surface area contributed by atoms with E-state index >= 15 is 0 Å². The van der Waals surface area contributed by atoms with Crippen LogP contribution in [-0.2, 0) is 0 Å². The van der Waals surface area contributed by atoms with Gasteiger partial charge in [0.05, 0.1) is 45.2 Å². The Bertz CT molecular complexity index is 7740. The fraction of sp³-hybridized carbons (Fsp3) is 0. The zero-order valence-corrected chi connectivity index (χ0v) is 64.9. The van der Waals surface area contributed by atoms with Crippen molar-refractivity contribution in [2.75, 3.05) is 0 Å². The third-order valence-electron chi connectivity index (χ3n) is 23.0. The molecule has 0 saturated carbocycles. The predicted molar refractivity (Wildman–Crippen MR) is 495 cm³/mol. The van der Waals surface area contributed by atoms with Crippen molar-refractivity contribution in [2.24, 2.45) is 0 Å². The molecule has 0 unspecified atom stereocenters. The predicted octanol–water partition coefficient (Wildman–Crippen LogP) is 29.8. The average molecular weight is 1530 g/mol. The molecule has 0 radical (unpaired) electrons. The third kappa shape index (κ3) is 13.0. The van der Waals surface area contributed by atoms with Gasteiger partial charge in [-0.15, -0.1) is 0 Å². The molecule has 0 bridgehead atoms. The summed E-state index contributed by atoms with van der Waals surface area (Å²) in [5, 5.41) is 11.2. The second kappa shape index (κ2) is 30.2. The molecule has 8 heteroatoms. The standard InChI is InChI=1S/C59H37N3O.C53H33N3O/c1-4-14-38(15-5-1)39-24-30-42(31-25-39)51-37-52(62-59(61-51)46-18-8-3-9-19-46)43-32-26-40(27-33-43)41-28-34-45(35-29-41)58-49-36-54-57(48-21-11-13-23-53(48)63-54)55(44-16-6-2-7-17-44)56(49)47-20-10-12-22-50(47)60-58;1-4-14-36(15-5-1)45-33-46(56-53(55-45)40-18-8-3-9-19-40)37-28-24-34(25-29-37)35-26-30-39(31-27-35)52-43-32-48-51(42-21-11-13-23-47(42)57-48)49(38-16-6-2-7-17-38)50(43)41-20-10-12-22-44(41)54-52/h1-37H;1-33H. The molecule has 0 aliphatic carbocycles. The van der Waals surface area contributed by atoms with Crippen LogP contribution < -0.4 is 0 Å². The van der Waals surface area contributed by atoms with Crippen molar-refractivity contribution in [3.8, 4) is 146 Å². The van der Waals surface area contributed by atoms with E-state index in [2.05, 4.69) is 352 Å². The first kappa shape index (κ1) is 70.5. The molecule has 0 aliphatic rings. The Morgan fingerprint density at radius 3 is 0.725 bits per heavy atom. The average Bonchev–Trinajstić information content (AvgIpc) is 1.68. The number of hydrogen-bond acceptors (Lipinski definition) is 8. The summed E-state index contributed by atoms with van der Waals surface area (Å²) >= 11 is 0. The summed E-state index contributed by atoms with van der Waals surface area (Å²) in [4.78, 5) is 30.8. The number of benzene rings is 17. The number of furan rings is 2. The normalized spacial score (nSPS) is 11.5. The van der Waals surface area contributed by atoms with E-state index in [9.17, 15) is 0 Å². The van der Waals surface area contributed by atoms with Crippen LogP contribution in [-0.4, -0.2) is 29.9 Å². The molecule has 560 valence electrons. The summed E-state index contributed by atoms with van der Waals surface area (Å²) in [7, 11) is 0. The fourth-order valence-electron chi connectivity index (χ4n) is 17.2. The van der Waals surface area contributed by atoms with Crippen LogP contribution in [0.2, 0.25) is 0 Å². The molecule has 6 heterocycles. The number of pyridine rings is 2. The second-order valence-corrected chi connectivity index (χ2v) is 30.3. The molecule has 6 aromatic heterocycles. The smallest absolute Gasteiger partial charge is 0.160 e. The number of fused-ring (bicyclic) bond motifs is 12. The van der Waals surface area contributed by atoms with Crippen LogP contribution in [0.25, 0.3) is 233 Å². The monoisotopic (exact) mass is 1530 g/mol. The lowest BCUT2D eigenvalue weighted by Gasteiger charge is -2.16. The minimum atomic E-state index is 0.696. The van der Waals surface area contributed by atoms with Gasteiger partial charge in [0.2, 0.25) is 0 Å². The Kier molecular flexibility index (Phi) is 17.8. The van der Waals surface area contributed by atoms with Gasteiger partial charge < -0.3 is 8.83 Å². The maximum atomic E-state index is 6.59. The first-order chi connectivity index (χ1) is 59.5. The number of rotatable bonds is 13. The minimum absolute atomic E-state index is 0.696. The molecule has 0 N–H and O–H groups in total. The van der Waals surface area contributed by atoms with E-state index in [1.54, 1.807) is 0 Å². The van der Waals surface area contributed by atoms with Crippen molar-refractivity contribution in [2.45, 2.75) is 0 Å². The van der Waals surface area contributed by atoms with E-state index in [1.165, 1.54) is 27.5 Å². The molecule has 0 atom stereocenters. The lowest BCUT2D eigenvalue weighted by molar-refractivity contribution is 0.669. The van der Waals surface area contributed by atoms with Gasteiger partial charge in [0.15, 0.2) is 11.6 Å². The number of aromatic nitrogens is 6. The van der Waals surface area contributed by atoms with E-state index in [0.717, 1.165) is 194 Å². The Hall–Kier alpha value is -16.2. The maximum absolute atomic E-state index is 6.59. The van der Waals surface area contributed by atoms with Crippen LogP contribution in [0.1, 0.15) is 0 Å². The van der Waals surface area contributed by atoms with Gasteiger partial charge in [-0.05, 0) is 93.0 Å². The molecular formula is C112H70N6O2. The summed E-state index contributed by atoms with van der Waals surface area (Å²) in [6.07, 6.45) is 0. The van der Waals surface area contributed by atoms with E-state index in [0.29, 0.717) is 11.6 Å². The van der Waals surface area contributed by atoms with Crippen LogP contribution in [0.15, 0.2) is 433 Å². The van der Waals surface area contributed by atoms with Crippen LogP contribution in [0.5, 0.6) is 0 Å². The van der Waals surface area contributed by atoms with E-state index in [4.69, 9.17) is 38.7 Å². The van der Waals surface area contributed by atoms with Gasteiger partial charge in [0.1, 0.15) is 22.3 Å². The number of hydrogen-bond donors (Lipinski definition) is 0. The number of nitrogens with zero attached hydrogens (tertiary/aromatic N) is 6. The quantitative estimate of drug-likeness (QED) is 0.105. The molecule has 0 amide bonds. The lowest BCUT2D eigenvalue weighted by Crippen LogP contribution is -1.96. The Morgan fingerprint density at radius 1 is 0.150 bits per heavy atom. The molecule has 0 spiro atoms. The van der Waals surface area contributed by atoms with E-state index in [-0.39, 0.29) is 0 Å². The molecule has 0 fully saturated rings. The Morgan fingerprint density at radius 2 is 0.392 bits per heavy atom. The van der Waals surface area contributed by atoms with Crippen LogP contribution in [0, 0.1) is 0 Å². The third-order valence-corrected chi connectivity index (χ3v) is 23.0. The van der Waals surface area contributed by atoms with Crippen molar-refractivity contribution < 1.29 is 8.83 Å². The fourth-order valence-corrected chi connectivity index (χ4v) is 17.2. The highest BCUT2D eigenvalue weighted by Crippen LogP contribution is 2.49. The van der Waals surface area contributed by atoms with Crippen molar-refractivity contribution >= 4 is 87.2 Å². The topological polar surface area (TPSA) is 104 Å². The zero-order chi connectivity index (χ0) is 79.4. The molecule has 23 rings (SSSR count). The first-order valence-corrected chi connectivity index (χ1v) is 40.4. The zero-order valence-electron chi connectivity index (χ0n) is 64.9. The van der Waals surface area contributed by atoms with Gasteiger partial charge in [0, 0.05) is 109 Å². The lowest BCUT2D eigenvalue weighted by atomic mass is 9.89. The highest BCUT2D eigenvalue weighted by atomic mass is 16.3. The first-order valence-electron chi connectivity index (χ1n) is 40.4. The largest absolute Gasteiger partial charge is 0.456 e. The minimum Gasteiger partial charge on any atom is -0.456 e. The van der Waals surface area contributed by atoms with Gasteiger partial charge in [-0.25, -0.2) is 29.9 Å². The molecule has 120 heavy (non-hydrogen) atoms. The Labute approximate surface area is 692 Å². The summed E-state index contributed by atoms with van der Waals surface area (Å²) in [6, 6.07) is 148. The highest BCUT2D eigenvalue weighted by Gasteiger charge is 2.25. The van der Waals surface area contributed by atoms with E-state index < -0.39 is 0 Å². The summed E-state index contributed by atoms with van der Waals surface area (Å²) < 4.78 is 13.2. The SMILES string of the molecule is c1ccc(-c2cc(-c3ccc(-c4ccc(-c5nc6ccccc6c6c(-c7ccccc7)c7c(cc56)oc5ccccc57)cc4)cc3)nc(-c3ccccc3)n2)cc1.c1ccc(-c2ccc(-c3cc(-c4ccc(-c5ccc(-c6nc7ccccc7c7c(-c8ccccc8)c8c(cc67)oc6ccccc68)cc5)cc4)nc(-c4ccccc4)n3)cc2)cc1. The molecule has 17 aromatic carbocycles. The Balaban J connectivity index is 0.000000145. The van der Waals surface area contributed by atoms with Gasteiger partial charge in [-0.3, -0.25) is 0 Å². The number of para-hydroxylation sites is 4. The van der Waals surface area contributed by atoms with Gasteiger partial charge in [0.25, 0.3) is 0 Å². The van der Waals surface area contributed by atoms with Crippen molar-refractivity contribution in [3.63, 3.8) is 0 Å². The van der Waals surface area contributed by atoms with Crippen LogP contribution in [0.3, 0.4) is 0 Å².